The molecule has 0 aromatic heterocycles. The molecule has 0 saturated heterocycles. The Labute approximate surface area is 157 Å². The van der Waals surface area contributed by atoms with E-state index in [0.29, 0.717) is 16.9 Å². The highest BCUT2D eigenvalue weighted by Gasteiger charge is 2.24. The summed E-state index contributed by atoms with van der Waals surface area (Å²) in [4.78, 5) is 36.0. The van der Waals surface area contributed by atoms with Gasteiger partial charge in [-0.1, -0.05) is 24.3 Å². The summed E-state index contributed by atoms with van der Waals surface area (Å²) in [6.07, 6.45) is 1.91. The van der Waals surface area contributed by atoms with E-state index in [-0.39, 0.29) is 11.9 Å². The first-order chi connectivity index (χ1) is 13.0. The van der Waals surface area contributed by atoms with Gasteiger partial charge in [-0.15, -0.1) is 0 Å². The smallest absolute Gasteiger partial charge is 0.321 e. The van der Waals surface area contributed by atoms with E-state index >= 15 is 0 Å². The lowest BCUT2D eigenvalue weighted by Crippen LogP contribution is -2.46. The largest absolute Gasteiger partial charge is 0.374 e. The highest BCUT2D eigenvalue weighted by Crippen LogP contribution is 2.18. The van der Waals surface area contributed by atoms with Crippen molar-refractivity contribution in [3.05, 3.63) is 60.2 Å². The average molecular weight is 366 g/mol. The molecule has 2 aromatic carbocycles. The Morgan fingerprint density at radius 2 is 1.67 bits per heavy atom. The first-order valence-electron chi connectivity index (χ1n) is 8.85. The van der Waals surface area contributed by atoms with Crippen LogP contribution in [0.1, 0.15) is 30.1 Å². The van der Waals surface area contributed by atoms with Gasteiger partial charge in [0.05, 0.1) is 0 Å². The normalized spacial score (nSPS) is 14.0. The van der Waals surface area contributed by atoms with Crippen molar-refractivity contribution in [2.24, 2.45) is 0 Å². The molecule has 3 rings (SSSR count). The lowest BCUT2D eigenvalue weighted by Gasteiger charge is -2.16. The van der Waals surface area contributed by atoms with Gasteiger partial charge in [0.1, 0.15) is 6.04 Å². The van der Waals surface area contributed by atoms with E-state index in [9.17, 15) is 14.4 Å². The van der Waals surface area contributed by atoms with Crippen molar-refractivity contribution in [3.8, 4) is 0 Å². The van der Waals surface area contributed by atoms with Crippen LogP contribution in [0.25, 0.3) is 0 Å². The van der Waals surface area contributed by atoms with Crippen molar-refractivity contribution in [1.82, 2.24) is 10.6 Å². The first kappa shape index (κ1) is 18.4. The third kappa shape index (κ3) is 5.57. The van der Waals surface area contributed by atoms with E-state index < -0.39 is 18.0 Å². The Morgan fingerprint density at radius 3 is 2.37 bits per heavy atom. The van der Waals surface area contributed by atoms with Gasteiger partial charge >= 0.3 is 6.03 Å². The predicted molar refractivity (Wildman–Crippen MR) is 104 cm³/mol. The van der Waals surface area contributed by atoms with Gasteiger partial charge in [-0.25, -0.2) is 4.79 Å². The number of hydrogen-bond acceptors (Lipinski definition) is 4. The summed E-state index contributed by atoms with van der Waals surface area (Å²) in [6, 6.07) is 15.1. The highest BCUT2D eigenvalue weighted by molar-refractivity contribution is 6.04. The van der Waals surface area contributed by atoms with Gasteiger partial charge in [-0.2, -0.15) is 0 Å². The van der Waals surface area contributed by atoms with Gasteiger partial charge in [0.25, 0.3) is 5.91 Å². The summed E-state index contributed by atoms with van der Waals surface area (Å²) in [5.41, 5.74) is 1.82. The van der Waals surface area contributed by atoms with Gasteiger partial charge in [-0.3, -0.25) is 14.9 Å². The minimum Gasteiger partial charge on any atom is -0.374 e. The van der Waals surface area contributed by atoms with Crippen molar-refractivity contribution < 1.29 is 14.4 Å². The Balaban J connectivity index is 1.55. The van der Waals surface area contributed by atoms with Crippen LogP contribution in [-0.2, 0) is 4.79 Å². The molecule has 1 saturated carbocycles. The third-order valence-electron chi connectivity index (χ3n) is 4.08. The number of hydrogen-bond donors (Lipinski definition) is 4. The number of urea groups is 1. The van der Waals surface area contributed by atoms with Gasteiger partial charge in [-0.05, 0) is 50.1 Å². The van der Waals surface area contributed by atoms with Crippen molar-refractivity contribution >= 4 is 29.2 Å². The van der Waals surface area contributed by atoms with Gasteiger partial charge in [0, 0.05) is 23.0 Å². The molecule has 1 atom stereocenters. The van der Waals surface area contributed by atoms with Crippen LogP contribution in [0.4, 0.5) is 16.2 Å². The average Bonchev–Trinajstić information content (AvgIpc) is 3.46. The standard InChI is InChI=1S/C20H22N4O3/c1-13(18(25)24-20(27)23-15-10-11-15)21-16-8-5-9-17(12-16)22-19(26)14-6-3-2-4-7-14/h2-9,12-13,15,21H,10-11H2,1H3,(H,22,26)(H2,23,24,25,27)/t13-/m0/s1. The molecule has 1 fully saturated rings. The number of anilines is 2. The molecule has 7 heteroatoms. The van der Waals surface area contributed by atoms with E-state index in [1.165, 1.54) is 0 Å². The lowest BCUT2D eigenvalue weighted by molar-refractivity contribution is -0.120. The van der Waals surface area contributed by atoms with Crippen molar-refractivity contribution in [3.63, 3.8) is 0 Å². The molecule has 4 amide bonds. The number of carbonyl (C=O) groups excluding carboxylic acids is 3. The van der Waals surface area contributed by atoms with Crippen LogP contribution >= 0.6 is 0 Å². The molecular formula is C20H22N4O3. The zero-order valence-corrected chi connectivity index (χ0v) is 15.0. The van der Waals surface area contributed by atoms with Crippen LogP contribution in [0, 0.1) is 0 Å². The molecule has 0 bridgehead atoms. The van der Waals surface area contributed by atoms with Gasteiger partial charge in [0.15, 0.2) is 0 Å². The number of benzene rings is 2. The number of carbonyl (C=O) groups is 3. The maximum Gasteiger partial charge on any atom is 0.321 e. The molecule has 140 valence electrons. The summed E-state index contributed by atoms with van der Waals surface area (Å²) >= 11 is 0. The zero-order valence-electron chi connectivity index (χ0n) is 15.0. The number of amides is 4. The molecule has 27 heavy (non-hydrogen) atoms. The SMILES string of the molecule is C[C@H](Nc1cccc(NC(=O)c2ccccc2)c1)C(=O)NC(=O)NC1CC1. The fourth-order valence-corrected chi connectivity index (χ4v) is 2.46. The summed E-state index contributed by atoms with van der Waals surface area (Å²) in [6.45, 7) is 1.66. The molecule has 0 heterocycles. The molecule has 4 N–H and O–H groups in total. The molecule has 0 spiro atoms. The molecule has 0 unspecified atom stereocenters. The molecule has 0 radical (unpaired) electrons. The van der Waals surface area contributed by atoms with Crippen LogP contribution in [-0.4, -0.2) is 29.9 Å². The Morgan fingerprint density at radius 1 is 0.963 bits per heavy atom. The van der Waals surface area contributed by atoms with E-state index in [0.717, 1.165) is 12.8 Å². The van der Waals surface area contributed by atoms with Crippen molar-refractivity contribution in [2.45, 2.75) is 31.8 Å². The van der Waals surface area contributed by atoms with Crippen LogP contribution in [0.5, 0.6) is 0 Å². The molecule has 1 aliphatic carbocycles. The van der Waals surface area contributed by atoms with E-state index in [2.05, 4.69) is 21.3 Å². The molecule has 2 aromatic rings. The number of imide groups is 1. The maximum atomic E-state index is 12.2. The van der Waals surface area contributed by atoms with Gasteiger partial charge in [0.2, 0.25) is 5.91 Å². The summed E-state index contributed by atoms with van der Waals surface area (Å²) in [5, 5.41) is 10.9. The van der Waals surface area contributed by atoms with E-state index in [1.54, 1.807) is 55.5 Å². The highest BCUT2D eigenvalue weighted by atomic mass is 16.2. The van der Waals surface area contributed by atoms with E-state index in [1.807, 2.05) is 6.07 Å². The van der Waals surface area contributed by atoms with Crippen LogP contribution in [0.2, 0.25) is 0 Å². The van der Waals surface area contributed by atoms with Crippen molar-refractivity contribution in [2.75, 3.05) is 10.6 Å². The molecule has 0 aliphatic heterocycles. The molecule has 1 aliphatic rings. The minimum atomic E-state index is -0.616. The Bertz CT molecular complexity index is 834. The zero-order chi connectivity index (χ0) is 19.2. The first-order valence-corrected chi connectivity index (χ1v) is 8.85. The third-order valence-corrected chi connectivity index (χ3v) is 4.08. The Kier molecular flexibility index (Phi) is 5.71. The quantitative estimate of drug-likeness (QED) is 0.632. The second-order valence-electron chi connectivity index (χ2n) is 6.50. The monoisotopic (exact) mass is 366 g/mol. The Hall–Kier alpha value is -3.35. The van der Waals surface area contributed by atoms with Crippen molar-refractivity contribution in [1.29, 1.82) is 0 Å². The minimum absolute atomic E-state index is 0.186. The topological polar surface area (TPSA) is 99.3 Å². The van der Waals surface area contributed by atoms with Crippen LogP contribution in [0.3, 0.4) is 0 Å². The number of nitrogens with one attached hydrogen (secondary N) is 4. The van der Waals surface area contributed by atoms with Crippen LogP contribution < -0.4 is 21.3 Å². The number of rotatable bonds is 6. The fraction of sp³-hybridized carbons (Fsp3) is 0.250. The fourth-order valence-electron chi connectivity index (χ4n) is 2.46. The second kappa shape index (κ2) is 8.35. The summed E-state index contributed by atoms with van der Waals surface area (Å²) in [7, 11) is 0. The molecular weight excluding hydrogens is 344 g/mol. The molecule has 7 nitrogen and oxygen atoms in total. The summed E-state index contributed by atoms with van der Waals surface area (Å²) < 4.78 is 0. The summed E-state index contributed by atoms with van der Waals surface area (Å²) in [5.74, 6) is -0.637. The predicted octanol–water partition coefficient (Wildman–Crippen LogP) is 2.73. The lowest BCUT2D eigenvalue weighted by atomic mass is 10.2. The van der Waals surface area contributed by atoms with E-state index in [4.69, 9.17) is 0 Å². The van der Waals surface area contributed by atoms with Gasteiger partial charge < -0.3 is 16.0 Å². The maximum absolute atomic E-state index is 12.2. The van der Waals surface area contributed by atoms with Crippen LogP contribution in [0.15, 0.2) is 54.6 Å². The second-order valence-corrected chi connectivity index (χ2v) is 6.50.